The molecule has 10 heteroatoms. The summed E-state index contributed by atoms with van der Waals surface area (Å²) < 4.78 is 41.5. The van der Waals surface area contributed by atoms with E-state index < -0.39 is 23.1 Å². The Kier molecular flexibility index (Phi) is 5.60. The summed E-state index contributed by atoms with van der Waals surface area (Å²) in [5.74, 6) is -0.440. The van der Waals surface area contributed by atoms with E-state index in [-0.39, 0.29) is 27.8 Å². The largest absolute Gasteiger partial charge is 0.416 e. The van der Waals surface area contributed by atoms with Gasteiger partial charge in [-0.15, -0.1) is 0 Å². The molecule has 0 atom stereocenters. The molecule has 2 heterocycles. The van der Waals surface area contributed by atoms with Crippen molar-refractivity contribution in [3.05, 3.63) is 79.4 Å². The van der Waals surface area contributed by atoms with Gasteiger partial charge >= 0.3 is 6.18 Å². The van der Waals surface area contributed by atoms with Gasteiger partial charge in [-0.2, -0.15) is 18.3 Å². The van der Waals surface area contributed by atoms with Gasteiger partial charge in [-0.25, -0.2) is 4.68 Å². The number of carbonyl (C=O) groups is 1. The van der Waals surface area contributed by atoms with Gasteiger partial charge in [0.05, 0.1) is 16.8 Å². The molecule has 152 valence electrons. The predicted octanol–water partition coefficient (Wildman–Crippen LogP) is 4.86. The summed E-state index contributed by atoms with van der Waals surface area (Å²) >= 11 is 11.5. The molecule has 0 aliphatic carbocycles. The minimum Gasteiger partial charge on any atom is -0.318 e. The minimum atomic E-state index is -4.48. The van der Waals surface area contributed by atoms with E-state index in [2.05, 4.69) is 5.10 Å². The summed E-state index contributed by atoms with van der Waals surface area (Å²) in [5, 5.41) is 3.52. The number of hydrogen-bond donors (Lipinski definition) is 0. The molecule has 3 rings (SSSR count). The molecular formula is C19H14Cl2F3N3O2. The lowest BCUT2D eigenvalue weighted by Gasteiger charge is -2.13. The molecule has 0 spiro atoms. The Morgan fingerprint density at radius 1 is 1.17 bits per heavy atom. The molecule has 0 radical (unpaired) electrons. The smallest absolute Gasteiger partial charge is 0.318 e. The number of nitrogens with zero attached hydrogens (tertiary/aromatic N) is 3. The topological polar surface area (TPSA) is 56.9 Å². The fourth-order valence-electron chi connectivity index (χ4n) is 3.04. The summed E-state index contributed by atoms with van der Waals surface area (Å²) in [6.07, 6.45) is -3.32. The van der Waals surface area contributed by atoms with Crippen LogP contribution in [0.3, 0.4) is 0 Å². The number of hydrogen-bond acceptors (Lipinski definition) is 3. The molecule has 1 aromatic carbocycles. The van der Waals surface area contributed by atoms with Crippen LogP contribution in [0.5, 0.6) is 0 Å². The van der Waals surface area contributed by atoms with E-state index in [4.69, 9.17) is 23.2 Å². The SMILES string of the molecule is Cc1cc(C(=O)Cn2ncc(Cl)c(Cl)c2=O)c(C)n1-c1cccc(C(F)(F)F)c1. The lowest BCUT2D eigenvalue weighted by molar-refractivity contribution is -0.137. The van der Waals surface area contributed by atoms with Gasteiger partial charge in [-0.1, -0.05) is 29.3 Å². The van der Waals surface area contributed by atoms with E-state index in [0.717, 1.165) is 23.0 Å². The molecule has 29 heavy (non-hydrogen) atoms. The van der Waals surface area contributed by atoms with Crippen LogP contribution < -0.4 is 5.56 Å². The molecule has 0 N–H and O–H groups in total. The quantitative estimate of drug-likeness (QED) is 0.541. The highest BCUT2D eigenvalue weighted by Gasteiger charge is 2.31. The van der Waals surface area contributed by atoms with Crippen LogP contribution >= 0.6 is 23.2 Å². The van der Waals surface area contributed by atoms with Crippen LogP contribution in [0.1, 0.15) is 27.3 Å². The van der Waals surface area contributed by atoms with Crippen LogP contribution in [0.25, 0.3) is 5.69 Å². The first-order valence-electron chi connectivity index (χ1n) is 8.31. The van der Waals surface area contributed by atoms with E-state index in [1.807, 2.05) is 0 Å². The molecule has 0 saturated carbocycles. The molecule has 0 fully saturated rings. The van der Waals surface area contributed by atoms with Crippen molar-refractivity contribution in [1.82, 2.24) is 14.3 Å². The van der Waals surface area contributed by atoms with Gasteiger partial charge in [-0.3, -0.25) is 9.59 Å². The van der Waals surface area contributed by atoms with E-state index in [0.29, 0.717) is 11.4 Å². The number of aryl methyl sites for hydroxylation is 1. The number of Topliss-reactive ketones (excluding diaryl/α,β-unsaturated/α-hetero) is 1. The molecule has 0 aliphatic rings. The number of alkyl halides is 3. The summed E-state index contributed by atoms with van der Waals surface area (Å²) in [5.41, 5.74) is 0.0547. The summed E-state index contributed by atoms with van der Waals surface area (Å²) in [7, 11) is 0. The van der Waals surface area contributed by atoms with Crippen molar-refractivity contribution in [2.75, 3.05) is 0 Å². The Morgan fingerprint density at radius 3 is 2.52 bits per heavy atom. The third kappa shape index (κ3) is 4.09. The Morgan fingerprint density at radius 2 is 1.86 bits per heavy atom. The molecule has 0 saturated heterocycles. The van der Waals surface area contributed by atoms with Crippen LogP contribution in [-0.4, -0.2) is 20.1 Å². The average molecular weight is 444 g/mol. The normalized spacial score (nSPS) is 11.7. The molecule has 5 nitrogen and oxygen atoms in total. The monoisotopic (exact) mass is 443 g/mol. The number of carbonyl (C=O) groups excluding carboxylic acids is 1. The van der Waals surface area contributed by atoms with Crippen molar-refractivity contribution in [3.8, 4) is 5.69 Å². The highest BCUT2D eigenvalue weighted by atomic mass is 35.5. The van der Waals surface area contributed by atoms with Gasteiger partial charge in [0, 0.05) is 22.6 Å². The van der Waals surface area contributed by atoms with Crippen LogP contribution in [-0.2, 0) is 12.7 Å². The van der Waals surface area contributed by atoms with Crippen LogP contribution in [0.15, 0.2) is 41.3 Å². The fourth-order valence-corrected chi connectivity index (χ4v) is 3.31. The second-order valence-electron chi connectivity index (χ2n) is 6.36. The van der Waals surface area contributed by atoms with Crippen molar-refractivity contribution in [2.45, 2.75) is 26.6 Å². The van der Waals surface area contributed by atoms with Crippen molar-refractivity contribution in [2.24, 2.45) is 0 Å². The Labute approximate surface area is 173 Å². The first-order valence-corrected chi connectivity index (χ1v) is 9.07. The minimum absolute atomic E-state index is 0.0249. The third-order valence-corrected chi connectivity index (χ3v) is 5.15. The first kappa shape index (κ1) is 21.1. The zero-order valence-electron chi connectivity index (χ0n) is 15.2. The number of benzene rings is 1. The fraction of sp³-hybridized carbons (Fsp3) is 0.211. The van der Waals surface area contributed by atoms with Crippen LogP contribution in [0.4, 0.5) is 13.2 Å². The van der Waals surface area contributed by atoms with Gasteiger partial charge in [-0.05, 0) is 38.1 Å². The summed E-state index contributed by atoms with van der Waals surface area (Å²) in [6, 6.07) is 6.37. The van der Waals surface area contributed by atoms with Crippen molar-refractivity contribution >= 4 is 29.0 Å². The molecule has 0 unspecified atom stereocenters. The van der Waals surface area contributed by atoms with Gasteiger partial charge in [0.15, 0.2) is 5.78 Å². The van der Waals surface area contributed by atoms with E-state index in [1.54, 1.807) is 24.5 Å². The second kappa shape index (κ2) is 7.68. The number of rotatable bonds is 4. The summed E-state index contributed by atoms with van der Waals surface area (Å²) in [4.78, 5) is 24.8. The highest BCUT2D eigenvalue weighted by molar-refractivity contribution is 6.41. The molecule has 0 amide bonds. The average Bonchev–Trinajstić information content (AvgIpc) is 2.96. The van der Waals surface area contributed by atoms with Gasteiger partial charge in [0.2, 0.25) is 0 Å². The highest BCUT2D eigenvalue weighted by Crippen LogP contribution is 2.31. The lowest BCUT2D eigenvalue weighted by Crippen LogP contribution is -2.27. The molecule has 3 aromatic rings. The predicted molar refractivity (Wildman–Crippen MR) is 103 cm³/mol. The zero-order valence-corrected chi connectivity index (χ0v) is 16.7. The first-order chi connectivity index (χ1) is 13.5. The van der Waals surface area contributed by atoms with Gasteiger partial charge in [0.1, 0.15) is 11.6 Å². The summed E-state index contributed by atoms with van der Waals surface area (Å²) in [6.45, 7) is 2.90. The zero-order chi connectivity index (χ0) is 21.5. The van der Waals surface area contributed by atoms with E-state index in [1.165, 1.54) is 12.1 Å². The van der Waals surface area contributed by atoms with Crippen molar-refractivity contribution < 1.29 is 18.0 Å². The van der Waals surface area contributed by atoms with Crippen LogP contribution in [0.2, 0.25) is 10.0 Å². The number of halogens is 5. The second-order valence-corrected chi connectivity index (χ2v) is 7.15. The van der Waals surface area contributed by atoms with E-state index >= 15 is 0 Å². The lowest BCUT2D eigenvalue weighted by atomic mass is 10.1. The Balaban J connectivity index is 1.99. The van der Waals surface area contributed by atoms with Gasteiger partial charge in [0.25, 0.3) is 5.56 Å². The standard InChI is InChI=1S/C19H14Cl2F3N3O2/c1-10-6-14(16(28)9-26-18(29)17(21)15(20)8-25-26)11(2)27(10)13-5-3-4-12(7-13)19(22,23)24/h3-8H,9H2,1-2H3. The van der Waals surface area contributed by atoms with Crippen LogP contribution in [0, 0.1) is 13.8 Å². The van der Waals surface area contributed by atoms with E-state index in [9.17, 15) is 22.8 Å². The Bertz CT molecular complexity index is 1170. The molecule has 0 aliphatic heterocycles. The third-order valence-electron chi connectivity index (χ3n) is 4.40. The maximum absolute atomic E-state index is 13.0. The molecule has 0 bridgehead atoms. The maximum atomic E-state index is 13.0. The van der Waals surface area contributed by atoms with Crippen molar-refractivity contribution in [1.29, 1.82) is 0 Å². The number of aromatic nitrogens is 3. The molecular weight excluding hydrogens is 430 g/mol. The van der Waals surface area contributed by atoms with Gasteiger partial charge < -0.3 is 4.57 Å². The number of ketones is 1. The maximum Gasteiger partial charge on any atom is 0.416 e. The Hall–Kier alpha value is -2.58. The molecule has 2 aromatic heterocycles. The van der Waals surface area contributed by atoms with Crippen molar-refractivity contribution in [3.63, 3.8) is 0 Å².